The number of carbonyl (C=O) groups excluding carboxylic acids is 1. The number of benzene rings is 1. The molecule has 2 aromatic rings. The highest BCUT2D eigenvalue weighted by molar-refractivity contribution is 6.31. The molecule has 1 aromatic carbocycles. The van der Waals surface area contributed by atoms with Crippen molar-refractivity contribution in [1.82, 2.24) is 9.78 Å². The van der Waals surface area contributed by atoms with E-state index in [2.05, 4.69) is 5.10 Å². The van der Waals surface area contributed by atoms with Gasteiger partial charge in [-0.2, -0.15) is 5.10 Å². The molecule has 0 saturated heterocycles. The Morgan fingerprint density at radius 2 is 2.28 bits per heavy atom. The molecule has 1 N–H and O–H groups in total. The molecule has 0 spiro atoms. The third-order valence-electron chi connectivity index (χ3n) is 2.38. The summed E-state index contributed by atoms with van der Waals surface area (Å²) in [5, 5.41) is 13.1. The number of aromatic nitrogens is 2. The Labute approximate surface area is 108 Å². The minimum Gasteiger partial charge on any atom is -0.480 e. The lowest BCUT2D eigenvalue weighted by molar-refractivity contribution is -0.137. The average Bonchev–Trinajstić information content (AvgIpc) is 2.76. The summed E-state index contributed by atoms with van der Waals surface area (Å²) in [6.07, 6.45) is 3.79. The van der Waals surface area contributed by atoms with Crippen molar-refractivity contribution in [3.05, 3.63) is 41.2 Å². The first-order valence-corrected chi connectivity index (χ1v) is 5.47. The Hall–Kier alpha value is -2.14. The summed E-state index contributed by atoms with van der Waals surface area (Å²) in [4.78, 5) is 21.5. The molecular formula is C12H9ClN2O3. The molecule has 0 aliphatic carbocycles. The zero-order valence-corrected chi connectivity index (χ0v) is 9.96. The Bertz CT molecular complexity index is 607. The first-order valence-electron chi connectivity index (χ1n) is 5.09. The number of carboxylic acids is 1. The van der Waals surface area contributed by atoms with Crippen LogP contribution < -0.4 is 0 Å². The van der Waals surface area contributed by atoms with Crippen molar-refractivity contribution in [2.75, 3.05) is 0 Å². The van der Waals surface area contributed by atoms with Gasteiger partial charge < -0.3 is 5.11 Å². The molecule has 6 heteroatoms. The predicted octanol–water partition coefficient (Wildman–Crippen LogP) is 2.10. The van der Waals surface area contributed by atoms with Gasteiger partial charge in [0.2, 0.25) is 0 Å². The summed E-state index contributed by atoms with van der Waals surface area (Å²) >= 11 is 5.88. The number of carboxylic acid groups (broad SMARTS) is 1. The van der Waals surface area contributed by atoms with Crippen LogP contribution in [0.4, 0.5) is 0 Å². The summed E-state index contributed by atoms with van der Waals surface area (Å²) in [5.41, 5.74) is 1.77. The van der Waals surface area contributed by atoms with E-state index in [-0.39, 0.29) is 6.54 Å². The van der Waals surface area contributed by atoms with Gasteiger partial charge in [0.25, 0.3) is 0 Å². The molecule has 0 unspecified atom stereocenters. The molecule has 18 heavy (non-hydrogen) atoms. The van der Waals surface area contributed by atoms with Gasteiger partial charge in [-0.25, -0.2) is 0 Å². The number of halogens is 1. The fraction of sp³-hybridized carbons (Fsp3) is 0.0833. The Kier molecular flexibility index (Phi) is 3.43. The van der Waals surface area contributed by atoms with Crippen LogP contribution in [0.5, 0.6) is 0 Å². The van der Waals surface area contributed by atoms with Crippen molar-refractivity contribution >= 4 is 23.9 Å². The fourth-order valence-corrected chi connectivity index (χ4v) is 1.78. The number of hydrogen-bond acceptors (Lipinski definition) is 3. The lowest BCUT2D eigenvalue weighted by Gasteiger charge is -2.02. The molecule has 0 saturated carbocycles. The second-order valence-corrected chi connectivity index (χ2v) is 4.11. The van der Waals surface area contributed by atoms with Crippen LogP contribution in [0.25, 0.3) is 11.1 Å². The molecule has 0 amide bonds. The molecule has 0 fully saturated rings. The van der Waals surface area contributed by atoms with E-state index in [4.69, 9.17) is 16.7 Å². The maximum atomic E-state index is 10.9. The topological polar surface area (TPSA) is 72.2 Å². The number of carbonyl (C=O) groups is 2. The lowest BCUT2D eigenvalue weighted by Crippen LogP contribution is -2.08. The maximum Gasteiger partial charge on any atom is 0.325 e. The zero-order chi connectivity index (χ0) is 13.1. The third-order valence-corrected chi connectivity index (χ3v) is 2.62. The molecule has 92 valence electrons. The smallest absolute Gasteiger partial charge is 0.325 e. The summed E-state index contributed by atoms with van der Waals surface area (Å²) in [7, 11) is 0. The van der Waals surface area contributed by atoms with Gasteiger partial charge >= 0.3 is 5.97 Å². The van der Waals surface area contributed by atoms with E-state index in [0.29, 0.717) is 21.7 Å². The number of hydrogen-bond donors (Lipinski definition) is 1. The molecule has 2 rings (SSSR count). The zero-order valence-electron chi connectivity index (χ0n) is 9.21. The quantitative estimate of drug-likeness (QED) is 0.859. The van der Waals surface area contributed by atoms with Crippen LogP contribution in [-0.2, 0) is 11.3 Å². The highest BCUT2D eigenvalue weighted by atomic mass is 35.5. The summed E-state index contributed by atoms with van der Waals surface area (Å²) in [5.74, 6) is -0.980. The van der Waals surface area contributed by atoms with Crippen molar-refractivity contribution < 1.29 is 14.7 Å². The number of nitrogens with zero attached hydrogens (tertiary/aromatic N) is 2. The standard InChI is InChI=1S/C12H9ClN2O3/c13-10-2-1-8(7-16)11(3-10)9-4-14-15(5-9)6-12(17)18/h1-5,7H,6H2,(H,17,18). The highest BCUT2D eigenvalue weighted by Crippen LogP contribution is 2.25. The summed E-state index contributed by atoms with van der Waals surface area (Å²) in [6, 6.07) is 4.88. The van der Waals surface area contributed by atoms with Crippen LogP contribution in [0.3, 0.4) is 0 Å². The van der Waals surface area contributed by atoms with E-state index >= 15 is 0 Å². The van der Waals surface area contributed by atoms with E-state index in [1.807, 2.05) is 0 Å². The van der Waals surface area contributed by atoms with Gasteiger partial charge in [0.15, 0.2) is 6.29 Å². The number of rotatable bonds is 4. The van der Waals surface area contributed by atoms with E-state index in [9.17, 15) is 9.59 Å². The summed E-state index contributed by atoms with van der Waals surface area (Å²) < 4.78 is 1.28. The fourth-order valence-electron chi connectivity index (χ4n) is 1.61. The van der Waals surface area contributed by atoms with E-state index in [1.54, 1.807) is 24.4 Å². The van der Waals surface area contributed by atoms with Crippen LogP contribution in [0, 0.1) is 0 Å². The average molecular weight is 265 g/mol. The van der Waals surface area contributed by atoms with Crippen LogP contribution >= 0.6 is 11.6 Å². The summed E-state index contributed by atoms with van der Waals surface area (Å²) in [6.45, 7) is -0.225. The van der Waals surface area contributed by atoms with Crippen molar-refractivity contribution in [1.29, 1.82) is 0 Å². The van der Waals surface area contributed by atoms with Gasteiger partial charge in [0.1, 0.15) is 6.54 Å². The van der Waals surface area contributed by atoms with Gasteiger partial charge in [-0.15, -0.1) is 0 Å². The van der Waals surface area contributed by atoms with Crippen molar-refractivity contribution in [2.45, 2.75) is 6.54 Å². The van der Waals surface area contributed by atoms with Crippen LogP contribution in [0.15, 0.2) is 30.6 Å². The molecular weight excluding hydrogens is 256 g/mol. The molecule has 0 aliphatic rings. The van der Waals surface area contributed by atoms with Crippen LogP contribution in [0.1, 0.15) is 10.4 Å². The van der Waals surface area contributed by atoms with E-state index < -0.39 is 5.97 Å². The van der Waals surface area contributed by atoms with Gasteiger partial charge in [-0.05, 0) is 23.8 Å². The monoisotopic (exact) mass is 264 g/mol. The minimum absolute atomic E-state index is 0.225. The lowest BCUT2D eigenvalue weighted by atomic mass is 10.0. The van der Waals surface area contributed by atoms with Crippen molar-refractivity contribution in [2.24, 2.45) is 0 Å². The van der Waals surface area contributed by atoms with Gasteiger partial charge in [-0.1, -0.05) is 11.6 Å². The molecule has 0 bridgehead atoms. The van der Waals surface area contributed by atoms with Crippen LogP contribution in [-0.4, -0.2) is 27.1 Å². The molecule has 0 aliphatic heterocycles. The first kappa shape index (κ1) is 12.3. The van der Waals surface area contributed by atoms with E-state index in [1.165, 1.54) is 10.9 Å². The van der Waals surface area contributed by atoms with Crippen molar-refractivity contribution in [3.63, 3.8) is 0 Å². The second kappa shape index (κ2) is 5.01. The maximum absolute atomic E-state index is 10.9. The molecule has 0 radical (unpaired) electrons. The Balaban J connectivity index is 2.42. The van der Waals surface area contributed by atoms with Gasteiger partial charge in [0.05, 0.1) is 6.20 Å². The van der Waals surface area contributed by atoms with Gasteiger partial charge in [-0.3, -0.25) is 14.3 Å². The number of aldehydes is 1. The molecule has 5 nitrogen and oxygen atoms in total. The Morgan fingerprint density at radius 3 is 2.94 bits per heavy atom. The van der Waals surface area contributed by atoms with Crippen molar-refractivity contribution in [3.8, 4) is 11.1 Å². The largest absolute Gasteiger partial charge is 0.480 e. The normalized spacial score (nSPS) is 10.3. The minimum atomic E-state index is -0.980. The predicted molar refractivity (Wildman–Crippen MR) is 65.7 cm³/mol. The van der Waals surface area contributed by atoms with Crippen LogP contribution in [0.2, 0.25) is 5.02 Å². The first-order chi connectivity index (χ1) is 8.60. The SMILES string of the molecule is O=Cc1ccc(Cl)cc1-c1cnn(CC(=O)O)c1. The highest BCUT2D eigenvalue weighted by Gasteiger charge is 2.09. The molecule has 1 aromatic heterocycles. The second-order valence-electron chi connectivity index (χ2n) is 3.67. The van der Waals surface area contributed by atoms with E-state index in [0.717, 1.165) is 6.29 Å². The Morgan fingerprint density at radius 1 is 1.50 bits per heavy atom. The number of aliphatic carboxylic acids is 1. The van der Waals surface area contributed by atoms with Gasteiger partial charge in [0, 0.05) is 22.3 Å². The third kappa shape index (κ3) is 2.57. The molecule has 1 heterocycles. The molecule has 0 atom stereocenters.